The molecular weight excluding hydrogens is 988 g/mol. The van der Waals surface area contributed by atoms with Gasteiger partial charge in [0.05, 0.1) is 56.2 Å². The Morgan fingerprint density at radius 2 is 0.975 bits per heavy atom. The lowest BCUT2D eigenvalue weighted by Gasteiger charge is -2.46. The molecule has 6 nitrogen and oxygen atoms in total. The first-order chi connectivity index (χ1) is 39.1. The molecule has 0 saturated heterocycles. The fourth-order valence-electron chi connectivity index (χ4n) is 13.6. The standard InChI is InChI=1S/C74H61BN4O2/c1-72(2,3)46-33-34-57-53(37-46)54-38-47(73(4,5)6)40-61-68(54)77(57)62-41-48(74(7,8)9)39-56-70(62)79(61)60-43-51(76(49-24-15-11-16-25-49)50-26-17-12-18-27-50)42-59-67(60)75(56)71-69(55-36-45(32-35-64(55)81-71)44-22-13-10-14-23-44)78(59)58-29-21-31-65-66(58)52-28-19-20-30-63(52)80-65/h10-43H,1-9H3. The fraction of sp³-hybridized carbons (Fsp3) is 0.162. The smallest absolute Gasteiger partial charge is 0.297 e. The Balaban J connectivity index is 1.12. The summed E-state index contributed by atoms with van der Waals surface area (Å²) in [4.78, 5) is 7.64. The van der Waals surface area contributed by atoms with Gasteiger partial charge in [-0.3, -0.25) is 0 Å². The number of hydrogen-bond acceptors (Lipinski definition) is 5. The summed E-state index contributed by atoms with van der Waals surface area (Å²) in [7, 11) is 0. The summed E-state index contributed by atoms with van der Waals surface area (Å²) in [5.74, 6) is 0. The van der Waals surface area contributed by atoms with Crippen molar-refractivity contribution in [3.05, 3.63) is 223 Å². The van der Waals surface area contributed by atoms with E-state index in [1.54, 1.807) is 0 Å². The Labute approximate surface area is 473 Å². The maximum Gasteiger partial charge on any atom is 0.297 e. The molecule has 0 spiro atoms. The molecule has 0 radical (unpaired) electrons. The molecule has 3 aliphatic heterocycles. The van der Waals surface area contributed by atoms with Crippen molar-refractivity contribution in [1.82, 2.24) is 4.57 Å². The van der Waals surface area contributed by atoms with E-state index in [-0.39, 0.29) is 23.0 Å². The van der Waals surface area contributed by atoms with E-state index in [9.17, 15) is 0 Å². The minimum atomic E-state index is -0.311. The van der Waals surface area contributed by atoms with Gasteiger partial charge in [-0.1, -0.05) is 172 Å². The SMILES string of the molecule is CC(C)(C)c1cc2c3c(c1)-n1c4ccc(C(C)(C)C)cc4c4cc(C(C)(C)C)cc(c41)N3c1cc(N(c3ccccc3)c3ccccc3)cc3c1B2c1oc2ccc(-c4ccccc4)cc2c1N3c1cccc2oc3ccccc3c12. The Morgan fingerprint density at radius 1 is 0.383 bits per heavy atom. The average molecular weight is 1050 g/mol. The summed E-state index contributed by atoms with van der Waals surface area (Å²) < 4.78 is 17.1. The van der Waals surface area contributed by atoms with Crippen molar-refractivity contribution in [2.45, 2.75) is 78.6 Å². The van der Waals surface area contributed by atoms with Crippen molar-refractivity contribution in [3.8, 4) is 16.8 Å². The second-order valence-corrected chi connectivity index (χ2v) is 25.8. The van der Waals surface area contributed by atoms with E-state index in [2.05, 4.69) is 288 Å². The van der Waals surface area contributed by atoms with Crippen LogP contribution in [0.5, 0.6) is 0 Å². The second-order valence-electron chi connectivity index (χ2n) is 25.8. The molecule has 0 fully saturated rings. The summed E-state index contributed by atoms with van der Waals surface area (Å²) in [6.07, 6.45) is 0. The molecule has 10 aromatic carbocycles. The molecule has 3 aliphatic rings. The zero-order chi connectivity index (χ0) is 55.0. The predicted octanol–water partition coefficient (Wildman–Crippen LogP) is 18.9. The van der Waals surface area contributed by atoms with Gasteiger partial charge in [0.1, 0.15) is 16.7 Å². The summed E-state index contributed by atoms with van der Waals surface area (Å²) in [5.41, 5.74) is 25.0. The molecule has 0 N–H and O–H groups in total. The lowest BCUT2D eigenvalue weighted by Crippen LogP contribution is -2.61. The molecule has 16 rings (SSSR count). The molecule has 0 aliphatic carbocycles. The third kappa shape index (κ3) is 6.94. The highest BCUT2D eigenvalue weighted by molar-refractivity contribution is 7.00. The van der Waals surface area contributed by atoms with Gasteiger partial charge in [0.15, 0.2) is 0 Å². The predicted molar refractivity (Wildman–Crippen MR) is 342 cm³/mol. The van der Waals surface area contributed by atoms with Crippen LogP contribution >= 0.6 is 0 Å². The van der Waals surface area contributed by atoms with Crippen molar-refractivity contribution < 1.29 is 8.83 Å². The van der Waals surface area contributed by atoms with Crippen LogP contribution in [0.15, 0.2) is 215 Å². The van der Waals surface area contributed by atoms with Crippen molar-refractivity contribution in [1.29, 1.82) is 0 Å². The van der Waals surface area contributed by atoms with E-state index in [0.29, 0.717) is 0 Å². The van der Waals surface area contributed by atoms with Gasteiger partial charge in [-0.15, -0.1) is 0 Å². The van der Waals surface area contributed by atoms with Gasteiger partial charge >= 0.3 is 0 Å². The highest BCUT2D eigenvalue weighted by Gasteiger charge is 2.50. The number of anilines is 9. The minimum absolute atomic E-state index is 0.0462. The number of fused-ring (bicyclic) bond motifs is 14. The van der Waals surface area contributed by atoms with Gasteiger partial charge in [0.2, 0.25) is 0 Å². The van der Waals surface area contributed by atoms with E-state index in [1.807, 2.05) is 0 Å². The molecule has 3 aromatic heterocycles. The molecule has 6 heterocycles. The van der Waals surface area contributed by atoms with Gasteiger partial charge < -0.3 is 28.1 Å². The van der Waals surface area contributed by atoms with Crippen LogP contribution in [0.2, 0.25) is 0 Å². The van der Waals surface area contributed by atoms with E-state index >= 15 is 0 Å². The quantitative estimate of drug-likeness (QED) is 0.161. The van der Waals surface area contributed by atoms with E-state index < -0.39 is 0 Å². The number of rotatable bonds is 5. The van der Waals surface area contributed by atoms with Crippen molar-refractivity contribution in [2.24, 2.45) is 0 Å². The molecule has 7 heteroatoms. The molecule has 0 saturated carbocycles. The monoisotopic (exact) mass is 1050 g/mol. The number of hydrogen-bond donors (Lipinski definition) is 0. The van der Waals surface area contributed by atoms with Gasteiger partial charge in [0, 0.05) is 44.3 Å². The van der Waals surface area contributed by atoms with Crippen LogP contribution < -0.4 is 31.3 Å². The van der Waals surface area contributed by atoms with Crippen LogP contribution in [0.4, 0.5) is 51.2 Å². The van der Waals surface area contributed by atoms with Gasteiger partial charge in [-0.2, -0.15) is 0 Å². The average Bonchev–Trinajstić information content (AvgIpc) is 2.69. The molecule has 13 aromatic rings. The number of benzene rings is 10. The number of aromatic nitrogens is 1. The normalized spacial score (nSPS) is 13.7. The first-order valence-corrected chi connectivity index (χ1v) is 28.6. The lowest BCUT2D eigenvalue weighted by molar-refractivity contribution is 0.590. The van der Waals surface area contributed by atoms with Crippen LogP contribution in [0.3, 0.4) is 0 Å². The van der Waals surface area contributed by atoms with Crippen LogP contribution in [0, 0.1) is 0 Å². The molecule has 0 bridgehead atoms. The van der Waals surface area contributed by atoms with Crippen LogP contribution in [-0.4, -0.2) is 11.3 Å². The summed E-state index contributed by atoms with van der Waals surface area (Å²) in [6.45, 7) is 20.8. The second kappa shape index (κ2) is 16.7. The largest absolute Gasteiger partial charge is 0.468 e. The third-order valence-corrected chi connectivity index (χ3v) is 17.7. The molecular formula is C74H61BN4O2. The van der Waals surface area contributed by atoms with Crippen LogP contribution in [-0.2, 0) is 16.2 Å². The Morgan fingerprint density at radius 3 is 1.67 bits per heavy atom. The summed E-state index contributed by atoms with van der Waals surface area (Å²) in [6, 6.07) is 76.5. The maximum absolute atomic E-state index is 7.68. The maximum atomic E-state index is 7.68. The van der Waals surface area contributed by atoms with Crippen molar-refractivity contribution >= 4 is 129 Å². The minimum Gasteiger partial charge on any atom is -0.468 e. The number of para-hydroxylation sites is 3. The van der Waals surface area contributed by atoms with Crippen LogP contribution in [0.1, 0.15) is 79.0 Å². The zero-order valence-electron chi connectivity index (χ0n) is 47.3. The Kier molecular flexibility index (Phi) is 9.84. The van der Waals surface area contributed by atoms with Gasteiger partial charge in [0.25, 0.3) is 6.71 Å². The molecule has 0 amide bonds. The zero-order valence-corrected chi connectivity index (χ0v) is 47.3. The highest BCUT2D eigenvalue weighted by atomic mass is 16.3. The summed E-state index contributed by atoms with van der Waals surface area (Å²) >= 11 is 0. The molecule has 0 atom stereocenters. The summed E-state index contributed by atoms with van der Waals surface area (Å²) in [5, 5.41) is 5.71. The molecule has 81 heavy (non-hydrogen) atoms. The first-order valence-electron chi connectivity index (χ1n) is 28.6. The number of furan rings is 2. The highest BCUT2D eigenvalue weighted by Crippen LogP contribution is 2.57. The first kappa shape index (κ1) is 47.8. The van der Waals surface area contributed by atoms with Gasteiger partial charge in [-0.25, -0.2) is 0 Å². The number of nitrogens with zero attached hydrogens (tertiary/aromatic N) is 4. The van der Waals surface area contributed by atoms with Crippen LogP contribution in [0.25, 0.3) is 71.5 Å². The van der Waals surface area contributed by atoms with Crippen molar-refractivity contribution in [2.75, 3.05) is 14.7 Å². The topological polar surface area (TPSA) is 40.9 Å². The van der Waals surface area contributed by atoms with E-state index in [1.165, 1.54) is 66.5 Å². The Bertz CT molecular complexity index is 4740. The third-order valence-electron chi connectivity index (χ3n) is 17.7. The molecule has 0 unspecified atom stereocenters. The lowest BCUT2D eigenvalue weighted by atomic mass is 9.35. The van der Waals surface area contributed by atoms with Gasteiger partial charge in [-0.05, 0) is 152 Å². The van der Waals surface area contributed by atoms with Crippen molar-refractivity contribution in [3.63, 3.8) is 0 Å². The Hall–Kier alpha value is -9.20. The van der Waals surface area contributed by atoms with E-state index in [0.717, 1.165) is 89.5 Å². The molecule has 392 valence electrons. The fourth-order valence-corrected chi connectivity index (χ4v) is 13.6. The van der Waals surface area contributed by atoms with E-state index in [4.69, 9.17) is 8.83 Å².